The molecule has 1 N–H and O–H groups in total. The van der Waals surface area contributed by atoms with Crippen molar-refractivity contribution in [2.45, 2.75) is 6.54 Å². The molecule has 0 amide bonds. The van der Waals surface area contributed by atoms with Crippen molar-refractivity contribution in [3.05, 3.63) is 36.8 Å². The monoisotopic (exact) mass is 267 g/mol. The molecule has 0 saturated carbocycles. The zero-order chi connectivity index (χ0) is 13.0. The lowest BCUT2D eigenvalue weighted by Gasteiger charge is -1.97. The van der Waals surface area contributed by atoms with Gasteiger partial charge in [0.05, 0.1) is 5.69 Å². The highest BCUT2D eigenvalue weighted by Gasteiger charge is 2.11. The predicted molar refractivity (Wildman–Crippen MR) is 61.9 cm³/mol. The highest BCUT2D eigenvalue weighted by atomic mass is 32.2. The Morgan fingerprint density at radius 3 is 2.72 bits per heavy atom. The van der Waals surface area contributed by atoms with Crippen LogP contribution in [0.3, 0.4) is 0 Å². The summed E-state index contributed by atoms with van der Waals surface area (Å²) in [6.45, 7) is 0.0968. The molecule has 0 unspecified atom stereocenters. The number of hydrogen-bond donors (Lipinski definition) is 1. The Balaban J connectivity index is 2.11. The summed E-state index contributed by atoms with van der Waals surface area (Å²) in [7, 11) is -3.97. The van der Waals surface area contributed by atoms with E-state index in [1.54, 1.807) is 36.8 Å². The van der Waals surface area contributed by atoms with Gasteiger partial charge < -0.3 is 0 Å². The Bertz CT molecular complexity index is 613. The van der Waals surface area contributed by atoms with Crippen LogP contribution in [0.2, 0.25) is 0 Å². The minimum Gasteiger partial charge on any atom is -0.285 e. The Morgan fingerprint density at radius 1 is 1.33 bits per heavy atom. The van der Waals surface area contributed by atoms with Crippen molar-refractivity contribution in [1.29, 1.82) is 0 Å². The van der Waals surface area contributed by atoms with Gasteiger partial charge in [0, 0.05) is 17.8 Å². The van der Waals surface area contributed by atoms with Gasteiger partial charge in [0.25, 0.3) is 10.1 Å². The molecule has 0 atom stereocenters. The van der Waals surface area contributed by atoms with E-state index in [2.05, 4.69) is 15.3 Å². The van der Waals surface area contributed by atoms with E-state index in [0.29, 0.717) is 5.69 Å². The minimum absolute atomic E-state index is 0.0968. The third-order valence-electron chi connectivity index (χ3n) is 2.22. The fourth-order valence-corrected chi connectivity index (χ4v) is 1.75. The van der Waals surface area contributed by atoms with Gasteiger partial charge in [0.1, 0.15) is 11.9 Å². The molecule has 0 aliphatic carbocycles. The normalized spacial score (nSPS) is 11.4. The van der Waals surface area contributed by atoms with Gasteiger partial charge in [-0.1, -0.05) is 4.68 Å². The number of hydrogen-bond acceptors (Lipinski definition) is 5. The van der Waals surface area contributed by atoms with Crippen molar-refractivity contribution in [2.24, 2.45) is 0 Å². The maximum absolute atomic E-state index is 10.6. The van der Waals surface area contributed by atoms with Gasteiger partial charge in [-0.05, 0) is 17.2 Å². The third-order valence-corrected chi connectivity index (χ3v) is 2.92. The van der Waals surface area contributed by atoms with E-state index in [1.165, 1.54) is 4.68 Å². The molecule has 0 bridgehead atoms. The second-order valence-electron chi connectivity index (χ2n) is 3.57. The summed E-state index contributed by atoms with van der Waals surface area (Å²) in [6.07, 6.45) is 4.76. The summed E-state index contributed by atoms with van der Waals surface area (Å²) in [5.41, 5.74) is 1.47. The van der Waals surface area contributed by atoms with Gasteiger partial charge in [-0.15, -0.1) is 0 Å². The highest BCUT2D eigenvalue weighted by molar-refractivity contribution is 7.85. The lowest BCUT2D eigenvalue weighted by atomic mass is 10.2. The first-order valence-electron chi connectivity index (χ1n) is 5.14. The van der Waals surface area contributed by atoms with E-state index in [1.807, 2.05) is 0 Å². The number of aromatic nitrogens is 4. The second kappa shape index (κ2) is 5.15. The van der Waals surface area contributed by atoms with Crippen LogP contribution in [-0.4, -0.2) is 34.0 Å². The average molecular weight is 267 g/mol. The van der Waals surface area contributed by atoms with E-state index >= 15 is 0 Å². The molecule has 94 valence electrons. The van der Waals surface area contributed by atoms with Crippen molar-refractivity contribution in [1.82, 2.24) is 15.3 Å². The Hall–Kier alpha value is -1.93. The van der Waals surface area contributed by atoms with Crippen molar-refractivity contribution in [3.63, 3.8) is 0 Å². The average Bonchev–Trinajstić information content (AvgIpc) is 2.37. The SMILES string of the molecule is O=S(=O)(O)CC[n+]1ccc(-c2cccnn2)cn1. The summed E-state index contributed by atoms with van der Waals surface area (Å²) >= 11 is 0. The van der Waals surface area contributed by atoms with Crippen LogP contribution in [0.5, 0.6) is 0 Å². The molecule has 2 rings (SSSR count). The van der Waals surface area contributed by atoms with Crippen LogP contribution >= 0.6 is 0 Å². The van der Waals surface area contributed by atoms with Gasteiger partial charge in [-0.3, -0.25) is 4.55 Å². The zero-order valence-corrected chi connectivity index (χ0v) is 10.2. The molecule has 0 saturated heterocycles. The van der Waals surface area contributed by atoms with Crippen LogP contribution in [0, 0.1) is 0 Å². The van der Waals surface area contributed by atoms with Gasteiger partial charge in [-0.2, -0.15) is 18.6 Å². The number of nitrogens with zero attached hydrogens (tertiary/aromatic N) is 4. The van der Waals surface area contributed by atoms with Gasteiger partial charge >= 0.3 is 0 Å². The second-order valence-corrected chi connectivity index (χ2v) is 5.15. The Morgan fingerprint density at radius 2 is 2.17 bits per heavy atom. The van der Waals surface area contributed by atoms with Gasteiger partial charge in [0.2, 0.25) is 0 Å². The molecule has 2 aromatic heterocycles. The minimum atomic E-state index is -3.97. The molecule has 18 heavy (non-hydrogen) atoms. The number of aryl methyl sites for hydroxylation is 1. The summed E-state index contributed by atoms with van der Waals surface area (Å²) in [6, 6.07) is 5.31. The Kier molecular flexibility index (Phi) is 3.58. The molecule has 0 spiro atoms. The van der Waals surface area contributed by atoms with Crippen molar-refractivity contribution >= 4 is 10.1 Å². The van der Waals surface area contributed by atoms with Crippen molar-refractivity contribution < 1.29 is 17.7 Å². The predicted octanol–water partition coefficient (Wildman–Crippen LogP) is -0.286. The maximum atomic E-state index is 10.6. The highest BCUT2D eigenvalue weighted by Crippen LogP contribution is 2.11. The van der Waals surface area contributed by atoms with Crippen LogP contribution in [0.15, 0.2) is 36.8 Å². The van der Waals surface area contributed by atoms with Crippen LogP contribution in [-0.2, 0) is 16.7 Å². The van der Waals surface area contributed by atoms with E-state index in [-0.39, 0.29) is 12.3 Å². The fraction of sp³-hybridized carbons (Fsp3) is 0.200. The fourth-order valence-electron chi connectivity index (χ4n) is 1.33. The van der Waals surface area contributed by atoms with Crippen molar-refractivity contribution in [2.75, 3.05) is 5.75 Å². The molecule has 7 nitrogen and oxygen atoms in total. The summed E-state index contributed by atoms with van der Waals surface area (Å²) in [5.74, 6) is -0.366. The van der Waals surface area contributed by atoms with E-state index in [4.69, 9.17) is 4.55 Å². The Labute approximate surface area is 104 Å². The molecule has 0 aliphatic heterocycles. The first kappa shape index (κ1) is 12.5. The number of rotatable bonds is 4. The zero-order valence-electron chi connectivity index (χ0n) is 9.34. The molecule has 0 radical (unpaired) electrons. The van der Waals surface area contributed by atoms with E-state index < -0.39 is 10.1 Å². The molecule has 2 aromatic rings. The van der Waals surface area contributed by atoms with Crippen LogP contribution in [0.1, 0.15) is 0 Å². The molecular weight excluding hydrogens is 256 g/mol. The summed E-state index contributed by atoms with van der Waals surface area (Å²) in [5, 5.41) is 11.7. The molecule has 0 aliphatic rings. The lowest BCUT2D eigenvalue weighted by molar-refractivity contribution is -0.750. The van der Waals surface area contributed by atoms with Gasteiger partial charge in [-0.25, -0.2) is 0 Å². The van der Waals surface area contributed by atoms with E-state index in [9.17, 15) is 8.42 Å². The van der Waals surface area contributed by atoms with E-state index in [0.717, 1.165) is 5.56 Å². The molecule has 2 heterocycles. The standard InChI is InChI=1S/C10H10N4O3S/c15-18(16,17)7-6-14-5-3-9(8-12-14)10-2-1-4-11-13-10/h1-5,8H,6-7H2/p+1. The molecular formula is C10H11N4O3S+. The van der Waals surface area contributed by atoms with Crippen molar-refractivity contribution in [3.8, 4) is 11.3 Å². The molecule has 8 heteroatoms. The summed E-state index contributed by atoms with van der Waals surface area (Å²) in [4.78, 5) is 0. The topological polar surface area (TPSA) is 96.9 Å². The maximum Gasteiger partial charge on any atom is 0.271 e. The third kappa shape index (κ3) is 3.54. The largest absolute Gasteiger partial charge is 0.285 e. The van der Waals surface area contributed by atoms with Crippen LogP contribution in [0.4, 0.5) is 0 Å². The summed E-state index contributed by atoms with van der Waals surface area (Å²) < 4.78 is 31.2. The quantitative estimate of drug-likeness (QED) is 0.604. The smallest absolute Gasteiger partial charge is 0.271 e. The van der Waals surface area contributed by atoms with Crippen LogP contribution in [0.25, 0.3) is 11.3 Å². The first-order chi connectivity index (χ1) is 8.54. The molecule has 0 aromatic carbocycles. The first-order valence-corrected chi connectivity index (χ1v) is 6.74. The van der Waals surface area contributed by atoms with Crippen LogP contribution < -0.4 is 4.68 Å². The molecule has 0 fully saturated rings. The van der Waals surface area contributed by atoms with Gasteiger partial charge in [0.15, 0.2) is 12.7 Å². The lowest BCUT2D eigenvalue weighted by Crippen LogP contribution is -2.40.